The number of benzene rings is 2. The molecule has 1 unspecified atom stereocenters. The number of nitrogens with one attached hydrogen (secondary N) is 1. The maximum absolute atomic E-state index is 6.09. The van der Waals surface area contributed by atoms with E-state index >= 15 is 0 Å². The van der Waals surface area contributed by atoms with E-state index in [1.165, 1.54) is 16.0 Å². The highest BCUT2D eigenvalue weighted by Gasteiger charge is 2.22. The minimum atomic E-state index is 0.523. The molecule has 0 bridgehead atoms. The third-order valence-corrected chi connectivity index (χ3v) is 4.96. The molecule has 1 atom stereocenters. The molecule has 3 heteroatoms. The van der Waals surface area contributed by atoms with Crippen LogP contribution >= 0.6 is 11.8 Å². The molecule has 1 N–H and O–H groups in total. The molecule has 0 aliphatic carbocycles. The molecule has 0 saturated carbocycles. The summed E-state index contributed by atoms with van der Waals surface area (Å²) in [6.07, 6.45) is 1.11. The van der Waals surface area contributed by atoms with Crippen molar-refractivity contribution >= 4 is 11.8 Å². The highest BCUT2D eigenvalue weighted by Crippen LogP contribution is 2.37. The van der Waals surface area contributed by atoms with E-state index in [0.29, 0.717) is 5.25 Å². The van der Waals surface area contributed by atoms with Crippen molar-refractivity contribution in [1.82, 2.24) is 5.32 Å². The highest BCUT2D eigenvalue weighted by atomic mass is 32.2. The van der Waals surface area contributed by atoms with E-state index in [9.17, 15) is 0 Å². The van der Waals surface area contributed by atoms with Crippen LogP contribution in [-0.4, -0.2) is 18.4 Å². The van der Waals surface area contributed by atoms with Gasteiger partial charge < -0.3 is 10.1 Å². The molecule has 1 aliphatic heterocycles. The van der Waals surface area contributed by atoms with E-state index in [1.807, 2.05) is 17.8 Å². The molecule has 21 heavy (non-hydrogen) atoms. The van der Waals surface area contributed by atoms with E-state index in [0.717, 1.165) is 31.9 Å². The second kappa shape index (κ2) is 7.01. The minimum absolute atomic E-state index is 0.523. The quantitative estimate of drug-likeness (QED) is 0.874. The zero-order valence-electron chi connectivity index (χ0n) is 12.3. The van der Waals surface area contributed by atoms with Crippen LogP contribution in [0.15, 0.2) is 53.4 Å². The van der Waals surface area contributed by atoms with E-state index in [4.69, 9.17) is 4.74 Å². The van der Waals surface area contributed by atoms with Crippen LogP contribution in [0.2, 0.25) is 0 Å². The average molecular weight is 299 g/mol. The average Bonchev–Trinajstić information content (AvgIpc) is 2.94. The lowest BCUT2D eigenvalue weighted by Crippen LogP contribution is -2.16. The summed E-state index contributed by atoms with van der Waals surface area (Å²) >= 11 is 1.94. The Bertz CT molecular complexity index is 574. The maximum atomic E-state index is 6.09. The first-order valence-electron chi connectivity index (χ1n) is 7.53. The molecular weight excluding hydrogens is 278 g/mol. The minimum Gasteiger partial charge on any atom is -0.492 e. The van der Waals surface area contributed by atoms with Crippen molar-refractivity contribution in [2.45, 2.75) is 30.0 Å². The highest BCUT2D eigenvalue weighted by molar-refractivity contribution is 8.00. The lowest BCUT2D eigenvalue weighted by molar-refractivity contribution is 0.313. The van der Waals surface area contributed by atoms with Gasteiger partial charge in [0.05, 0.1) is 0 Å². The van der Waals surface area contributed by atoms with E-state index in [-0.39, 0.29) is 0 Å². The van der Waals surface area contributed by atoms with Crippen molar-refractivity contribution in [3.05, 3.63) is 59.7 Å². The van der Waals surface area contributed by atoms with Crippen molar-refractivity contribution < 1.29 is 4.74 Å². The van der Waals surface area contributed by atoms with E-state index < -0.39 is 0 Å². The Morgan fingerprint density at radius 1 is 1.14 bits per heavy atom. The van der Waals surface area contributed by atoms with Crippen molar-refractivity contribution in [3.8, 4) is 5.75 Å². The largest absolute Gasteiger partial charge is 0.492 e. The molecule has 2 aromatic rings. The van der Waals surface area contributed by atoms with Gasteiger partial charge in [0, 0.05) is 22.3 Å². The first kappa shape index (κ1) is 14.5. The summed E-state index contributed by atoms with van der Waals surface area (Å²) in [6.45, 7) is 4.73. The number of para-hydroxylation sites is 1. The van der Waals surface area contributed by atoms with Gasteiger partial charge in [0.2, 0.25) is 0 Å². The number of fused-ring (bicyclic) bond motifs is 1. The molecule has 0 spiro atoms. The summed E-state index contributed by atoms with van der Waals surface area (Å²) in [7, 11) is 0. The van der Waals surface area contributed by atoms with Gasteiger partial charge in [0.15, 0.2) is 0 Å². The van der Waals surface area contributed by atoms with Crippen LogP contribution in [0.1, 0.15) is 18.1 Å². The molecule has 1 heterocycles. The summed E-state index contributed by atoms with van der Waals surface area (Å²) < 4.78 is 6.09. The zero-order valence-corrected chi connectivity index (χ0v) is 13.2. The Kier molecular flexibility index (Phi) is 4.84. The fraction of sp³-hybridized carbons (Fsp3) is 0.333. The fourth-order valence-corrected chi connectivity index (χ4v) is 3.80. The normalized spacial score (nSPS) is 16.7. The summed E-state index contributed by atoms with van der Waals surface area (Å²) in [4.78, 5) is 1.41. The van der Waals surface area contributed by atoms with Gasteiger partial charge in [-0.05, 0) is 30.7 Å². The van der Waals surface area contributed by atoms with Crippen LogP contribution in [0, 0.1) is 0 Å². The van der Waals surface area contributed by atoms with Gasteiger partial charge in [-0.3, -0.25) is 0 Å². The van der Waals surface area contributed by atoms with Crippen LogP contribution in [0.5, 0.6) is 5.75 Å². The maximum Gasteiger partial charge on any atom is 0.123 e. The number of hydrogen-bond acceptors (Lipinski definition) is 3. The van der Waals surface area contributed by atoms with Crippen LogP contribution in [0.4, 0.5) is 0 Å². The van der Waals surface area contributed by atoms with Crippen LogP contribution in [-0.2, 0) is 13.0 Å². The van der Waals surface area contributed by atoms with E-state index in [2.05, 4.69) is 54.7 Å². The Morgan fingerprint density at radius 2 is 1.95 bits per heavy atom. The monoisotopic (exact) mass is 299 g/mol. The predicted molar refractivity (Wildman–Crippen MR) is 89.1 cm³/mol. The summed E-state index contributed by atoms with van der Waals surface area (Å²) in [5.74, 6) is 1.01. The molecule has 1 aliphatic rings. The van der Waals surface area contributed by atoms with Crippen molar-refractivity contribution in [1.29, 1.82) is 0 Å². The van der Waals surface area contributed by atoms with Crippen molar-refractivity contribution in [2.24, 2.45) is 0 Å². The smallest absolute Gasteiger partial charge is 0.123 e. The molecule has 0 saturated heterocycles. The molecule has 2 nitrogen and oxygen atoms in total. The Hall–Kier alpha value is -1.45. The molecule has 3 rings (SSSR count). The number of thioether (sulfide) groups is 1. The SMILES string of the molecule is CCNCc1ccccc1OCC1Cc2ccccc2S1. The molecular formula is C18H21NOS. The fourth-order valence-electron chi connectivity index (χ4n) is 2.58. The molecule has 2 aromatic carbocycles. The Labute approximate surface area is 130 Å². The zero-order chi connectivity index (χ0) is 14.5. The van der Waals surface area contributed by atoms with Crippen molar-refractivity contribution in [3.63, 3.8) is 0 Å². The molecule has 0 aromatic heterocycles. The van der Waals surface area contributed by atoms with Gasteiger partial charge in [-0.25, -0.2) is 0 Å². The van der Waals surface area contributed by atoms with Crippen LogP contribution in [0.3, 0.4) is 0 Å². The van der Waals surface area contributed by atoms with Gasteiger partial charge in [0.25, 0.3) is 0 Å². The van der Waals surface area contributed by atoms with Gasteiger partial charge in [-0.2, -0.15) is 0 Å². The number of hydrogen-bond donors (Lipinski definition) is 1. The Balaban J connectivity index is 1.59. The number of rotatable bonds is 6. The van der Waals surface area contributed by atoms with Crippen molar-refractivity contribution in [2.75, 3.05) is 13.2 Å². The van der Waals surface area contributed by atoms with Gasteiger partial charge >= 0.3 is 0 Å². The number of ether oxygens (including phenoxy) is 1. The van der Waals surface area contributed by atoms with Gasteiger partial charge in [0.1, 0.15) is 12.4 Å². The predicted octanol–water partition coefficient (Wildman–Crippen LogP) is 3.89. The molecule has 0 radical (unpaired) electrons. The van der Waals surface area contributed by atoms with E-state index in [1.54, 1.807) is 0 Å². The molecule has 0 fully saturated rings. The summed E-state index contributed by atoms with van der Waals surface area (Å²) in [6, 6.07) is 17.0. The summed E-state index contributed by atoms with van der Waals surface area (Å²) in [5.41, 5.74) is 2.69. The standard InChI is InChI=1S/C18H21NOS/c1-2-19-12-15-8-3-5-9-17(15)20-13-16-11-14-7-4-6-10-18(14)21-16/h3-10,16,19H,2,11-13H2,1H3. The second-order valence-corrected chi connectivity index (χ2v) is 6.59. The first-order chi connectivity index (χ1) is 10.4. The third-order valence-electron chi connectivity index (χ3n) is 3.68. The Morgan fingerprint density at radius 3 is 2.81 bits per heavy atom. The van der Waals surface area contributed by atoms with Gasteiger partial charge in [-0.1, -0.05) is 43.3 Å². The topological polar surface area (TPSA) is 21.3 Å². The van der Waals surface area contributed by atoms with Crippen LogP contribution < -0.4 is 10.1 Å². The third kappa shape index (κ3) is 3.60. The second-order valence-electron chi connectivity index (χ2n) is 5.25. The lowest BCUT2D eigenvalue weighted by Gasteiger charge is -2.14. The lowest BCUT2D eigenvalue weighted by atomic mass is 10.1. The van der Waals surface area contributed by atoms with Crippen LogP contribution in [0.25, 0.3) is 0 Å². The molecule has 110 valence electrons. The van der Waals surface area contributed by atoms with Gasteiger partial charge in [-0.15, -0.1) is 11.8 Å². The summed E-state index contributed by atoms with van der Waals surface area (Å²) in [5, 5.41) is 3.88. The first-order valence-corrected chi connectivity index (χ1v) is 8.40. The molecule has 0 amide bonds.